The van der Waals surface area contributed by atoms with E-state index >= 15 is 0 Å². The molecule has 1 unspecified atom stereocenters. The van der Waals surface area contributed by atoms with Crippen molar-refractivity contribution in [1.82, 2.24) is 0 Å². The Bertz CT molecular complexity index is 1960. The van der Waals surface area contributed by atoms with Crippen LogP contribution in [0.4, 0.5) is 0 Å². The number of para-hydroxylation sites is 1. The Morgan fingerprint density at radius 1 is 0.812 bits per heavy atom. The molecule has 0 aliphatic carbocycles. The zero-order valence-electron chi connectivity index (χ0n) is 27.0. The van der Waals surface area contributed by atoms with Crippen molar-refractivity contribution in [3.8, 4) is 46.0 Å². The Morgan fingerprint density at radius 2 is 1.58 bits per heavy atom. The van der Waals surface area contributed by atoms with Crippen molar-refractivity contribution in [2.45, 2.75) is 25.2 Å². The van der Waals surface area contributed by atoms with E-state index in [1.807, 2.05) is 30.3 Å². The van der Waals surface area contributed by atoms with E-state index in [4.69, 9.17) is 37.9 Å². The van der Waals surface area contributed by atoms with Gasteiger partial charge in [0, 0.05) is 41.5 Å². The first-order chi connectivity index (χ1) is 23.4. The third-order valence-electron chi connectivity index (χ3n) is 8.80. The molecule has 48 heavy (non-hydrogen) atoms. The highest BCUT2D eigenvalue weighted by atomic mass is 16.5. The number of fused-ring (bicyclic) bond motifs is 4. The van der Waals surface area contributed by atoms with Gasteiger partial charge in [-0.2, -0.15) is 0 Å². The van der Waals surface area contributed by atoms with E-state index in [2.05, 4.69) is 6.07 Å². The molecule has 0 N–H and O–H groups in total. The molecule has 0 saturated carbocycles. The van der Waals surface area contributed by atoms with Gasteiger partial charge in [0.2, 0.25) is 5.78 Å². The maximum atomic E-state index is 13.7. The van der Waals surface area contributed by atoms with E-state index in [0.717, 1.165) is 23.3 Å². The third-order valence-corrected chi connectivity index (χ3v) is 8.80. The van der Waals surface area contributed by atoms with Gasteiger partial charge in [-0.05, 0) is 47.5 Å². The zero-order chi connectivity index (χ0) is 33.4. The summed E-state index contributed by atoms with van der Waals surface area (Å²) in [5.74, 6) is 2.86. The molecule has 3 aliphatic heterocycles. The lowest BCUT2D eigenvalue weighted by Crippen LogP contribution is -2.22. The predicted octanol–water partition coefficient (Wildman–Crippen LogP) is 6.33. The van der Waals surface area contributed by atoms with Crippen LogP contribution in [0.5, 0.6) is 46.0 Å². The van der Waals surface area contributed by atoms with Crippen LogP contribution in [0, 0.1) is 0 Å². The fourth-order valence-corrected chi connectivity index (χ4v) is 6.47. The number of benzene rings is 4. The second kappa shape index (κ2) is 12.9. The highest BCUT2D eigenvalue weighted by Crippen LogP contribution is 2.52. The summed E-state index contributed by atoms with van der Waals surface area (Å²) in [7, 11) is 6.17. The summed E-state index contributed by atoms with van der Waals surface area (Å²) < 4.78 is 46.2. The van der Waals surface area contributed by atoms with Gasteiger partial charge in [0.05, 0.1) is 53.6 Å². The largest absolute Gasteiger partial charge is 0.496 e. The Labute approximate surface area is 277 Å². The average molecular weight is 651 g/mol. The van der Waals surface area contributed by atoms with Crippen molar-refractivity contribution in [3.05, 3.63) is 99.8 Å². The van der Waals surface area contributed by atoms with Crippen molar-refractivity contribution < 1.29 is 47.5 Å². The number of ether oxygens (including phenoxy) is 8. The van der Waals surface area contributed by atoms with Gasteiger partial charge < -0.3 is 37.9 Å². The molecule has 0 fully saturated rings. The summed E-state index contributed by atoms with van der Waals surface area (Å²) in [6.45, 7) is 1.07. The van der Waals surface area contributed by atoms with Gasteiger partial charge in [-0.3, -0.25) is 9.59 Å². The molecule has 0 saturated heterocycles. The number of esters is 1. The molecule has 3 aliphatic rings. The second-order valence-electron chi connectivity index (χ2n) is 11.5. The fraction of sp³-hybridized carbons (Fsp3) is 0.263. The van der Waals surface area contributed by atoms with Gasteiger partial charge in [0.25, 0.3) is 0 Å². The number of Topliss-reactive ketones (excluding diaryl/α,β-unsaturated/α-hetero) is 1. The molecule has 7 rings (SSSR count). The molecule has 10 nitrogen and oxygen atoms in total. The lowest BCUT2D eigenvalue weighted by molar-refractivity contribution is -0.135. The lowest BCUT2D eigenvalue weighted by Gasteiger charge is -2.28. The minimum atomic E-state index is -0.541. The first-order valence-corrected chi connectivity index (χ1v) is 15.6. The molecule has 3 heterocycles. The zero-order valence-corrected chi connectivity index (χ0v) is 27.0. The van der Waals surface area contributed by atoms with Crippen LogP contribution in [0.2, 0.25) is 0 Å². The van der Waals surface area contributed by atoms with Crippen LogP contribution >= 0.6 is 0 Å². The number of hydrogen-bond donors (Lipinski definition) is 0. The molecule has 0 amide bonds. The van der Waals surface area contributed by atoms with Crippen LogP contribution in [-0.4, -0.2) is 53.4 Å². The van der Waals surface area contributed by atoms with E-state index < -0.39 is 11.9 Å². The Hall–Kier alpha value is -5.64. The van der Waals surface area contributed by atoms with Crippen LogP contribution in [0.1, 0.15) is 50.5 Å². The van der Waals surface area contributed by atoms with Crippen molar-refractivity contribution in [3.63, 3.8) is 0 Å². The smallest absolute Gasteiger partial charge is 0.312 e. The van der Waals surface area contributed by atoms with Gasteiger partial charge in [0.15, 0.2) is 28.8 Å². The normalized spacial score (nSPS) is 16.7. The maximum absolute atomic E-state index is 13.7. The lowest BCUT2D eigenvalue weighted by atomic mass is 9.84. The molecule has 0 aromatic heterocycles. The van der Waals surface area contributed by atoms with E-state index in [1.165, 1.54) is 26.9 Å². The number of methoxy groups -OCH3 is 4. The Morgan fingerprint density at radius 3 is 2.38 bits per heavy atom. The summed E-state index contributed by atoms with van der Waals surface area (Å²) in [6, 6.07) is 18.4. The second-order valence-corrected chi connectivity index (χ2v) is 11.5. The molecule has 4 aromatic rings. The highest BCUT2D eigenvalue weighted by Gasteiger charge is 2.40. The topological polar surface area (TPSA) is 108 Å². The Kier molecular flexibility index (Phi) is 8.31. The Balaban J connectivity index is 1.24. The summed E-state index contributed by atoms with van der Waals surface area (Å²) in [4.78, 5) is 26.7. The van der Waals surface area contributed by atoms with Crippen molar-refractivity contribution in [2.75, 3.05) is 41.7 Å². The molecule has 0 spiro atoms. The van der Waals surface area contributed by atoms with Crippen LogP contribution in [0.25, 0.3) is 6.08 Å². The van der Waals surface area contributed by atoms with Gasteiger partial charge in [-0.15, -0.1) is 0 Å². The van der Waals surface area contributed by atoms with Gasteiger partial charge in [-0.1, -0.05) is 24.3 Å². The molecular formula is C38H34O10. The number of hydrogen-bond acceptors (Lipinski definition) is 10. The standard InChI is InChI=1S/C38H34O10/c1-41-29-7-5-6-24(37(29)46-14-12-21-8-10-27-22(16-21)13-15-45-27)26-19-34(39)47-28-11-9-25-36(40)33(48-38(25)35(26)28)18-23-17-31(43-3)32(44-4)20-30(23)42-2/h5-11,16-18,20,26H,12-15,19H2,1-4H3. The third kappa shape index (κ3) is 5.53. The molecular weight excluding hydrogens is 616 g/mol. The summed E-state index contributed by atoms with van der Waals surface area (Å²) in [5, 5.41) is 0. The molecule has 4 aromatic carbocycles. The first kappa shape index (κ1) is 31.0. The number of carbonyl (C=O) groups is 2. The van der Waals surface area contributed by atoms with E-state index in [9.17, 15) is 9.59 Å². The van der Waals surface area contributed by atoms with Crippen molar-refractivity contribution in [1.29, 1.82) is 0 Å². The molecule has 1 atom stereocenters. The van der Waals surface area contributed by atoms with Crippen LogP contribution < -0.4 is 37.9 Å². The first-order valence-electron chi connectivity index (χ1n) is 15.6. The molecule has 10 heteroatoms. The van der Waals surface area contributed by atoms with Crippen molar-refractivity contribution >= 4 is 17.8 Å². The van der Waals surface area contributed by atoms with Crippen LogP contribution in [0.3, 0.4) is 0 Å². The molecule has 0 radical (unpaired) electrons. The summed E-state index contributed by atoms with van der Waals surface area (Å²) in [6.07, 6.45) is 3.17. The number of rotatable bonds is 10. The van der Waals surface area contributed by atoms with Gasteiger partial charge >= 0.3 is 5.97 Å². The van der Waals surface area contributed by atoms with Gasteiger partial charge in [0.1, 0.15) is 23.0 Å². The van der Waals surface area contributed by atoms with E-state index in [-0.39, 0.29) is 18.0 Å². The van der Waals surface area contributed by atoms with Crippen LogP contribution in [0.15, 0.2) is 66.4 Å². The van der Waals surface area contributed by atoms with Crippen LogP contribution in [-0.2, 0) is 17.6 Å². The minimum absolute atomic E-state index is 0.0118. The molecule has 0 bridgehead atoms. The number of carbonyl (C=O) groups excluding carboxylic acids is 2. The SMILES string of the molecule is COc1cc(OC)c(OC)cc1C=C1Oc2c(ccc3c2C(c2cccc(OC)c2OCCc2ccc4c(c2)CCO4)CC(=O)O3)C1=O. The monoisotopic (exact) mass is 650 g/mol. The summed E-state index contributed by atoms with van der Waals surface area (Å²) in [5.41, 5.74) is 4.55. The van der Waals surface area contributed by atoms with E-state index in [0.29, 0.717) is 76.6 Å². The number of allylic oxidation sites excluding steroid dienone is 1. The number of ketones is 1. The average Bonchev–Trinajstić information content (AvgIpc) is 3.71. The van der Waals surface area contributed by atoms with Gasteiger partial charge in [-0.25, -0.2) is 0 Å². The fourth-order valence-electron chi connectivity index (χ4n) is 6.47. The highest BCUT2D eigenvalue weighted by molar-refractivity contribution is 6.15. The summed E-state index contributed by atoms with van der Waals surface area (Å²) >= 11 is 0. The molecule has 246 valence electrons. The van der Waals surface area contributed by atoms with E-state index in [1.54, 1.807) is 37.5 Å². The minimum Gasteiger partial charge on any atom is -0.496 e. The quantitative estimate of drug-likeness (QED) is 0.110. The predicted molar refractivity (Wildman–Crippen MR) is 175 cm³/mol. The van der Waals surface area contributed by atoms with Crippen molar-refractivity contribution in [2.24, 2.45) is 0 Å². The maximum Gasteiger partial charge on any atom is 0.312 e.